The number of carbonyl (C=O) groups excluding carboxylic acids is 3. The molecule has 180 valence electrons. The first-order chi connectivity index (χ1) is 14.8. The lowest BCUT2D eigenvalue weighted by Gasteiger charge is -2.25. The third-order valence-corrected chi connectivity index (χ3v) is 6.15. The van der Waals surface area contributed by atoms with E-state index in [1.807, 2.05) is 38.1 Å². The van der Waals surface area contributed by atoms with E-state index in [0.29, 0.717) is 18.8 Å². The fourth-order valence-electron chi connectivity index (χ4n) is 3.13. The zero-order valence-corrected chi connectivity index (χ0v) is 20.4. The quantitative estimate of drug-likeness (QED) is 0.543. The molecule has 0 saturated carbocycles. The van der Waals surface area contributed by atoms with Gasteiger partial charge in [-0.05, 0) is 48.6 Å². The van der Waals surface area contributed by atoms with Gasteiger partial charge in [-0.2, -0.15) is 11.8 Å². The predicted octanol–water partition coefficient (Wildman–Crippen LogP) is 1.68. The summed E-state index contributed by atoms with van der Waals surface area (Å²) in [5, 5.41) is 5.47. The van der Waals surface area contributed by atoms with Crippen molar-refractivity contribution in [1.82, 2.24) is 10.6 Å². The highest BCUT2D eigenvalue weighted by atomic mass is 35.5. The van der Waals surface area contributed by atoms with Crippen LogP contribution in [0.4, 0.5) is 0 Å². The number of methoxy groups -OCH3 is 1. The summed E-state index contributed by atoms with van der Waals surface area (Å²) >= 11 is 1.56. The van der Waals surface area contributed by atoms with Crippen LogP contribution in [0.5, 0.6) is 5.75 Å². The number of fused-ring (bicyclic) bond motifs is 16. The summed E-state index contributed by atoms with van der Waals surface area (Å²) in [5.74, 6) is 0.435. The van der Waals surface area contributed by atoms with Gasteiger partial charge in [-0.1, -0.05) is 26.0 Å². The van der Waals surface area contributed by atoms with Gasteiger partial charge in [-0.25, -0.2) is 4.79 Å². The van der Waals surface area contributed by atoms with Crippen molar-refractivity contribution in [3.8, 4) is 5.75 Å². The van der Waals surface area contributed by atoms with Gasteiger partial charge in [0.25, 0.3) is 0 Å². The highest BCUT2D eigenvalue weighted by Crippen LogP contribution is 2.15. The van der Waals surface area contributed by atoms with E-state index < -0.39 is 35.9 Å². The number of hydrogen-bond donors (Lipinski definition) is 3. The fraction of sp³-hybridized carbons (Fsp3) is 0.591. The van der Waals surface area contributed by atoms with Gasteiger partial charge in [0.15, 0.2) is 0 Å². The number of esters is 1. The zero-order chi connectivity index (χ0) is 22.8. The molecule has 1 aromatic carbocycles. The minimum Gasteiger partial charge on any atom is -0.494 e. The lowest BCUT2D eigenvalue weighted by molar-refractivity contribution is -0.144. The molecule has 4 N–H and O–H groups in total. The first-order valence-corrected chi connectivity index (χ1v) is 11.7. The Bertz CT molecular complexity index is 748. The highest BCUT2D eigenvalue weighted by molar-refractivity contribution is 7.99. The minimum absolute atomic E-state index is 0. The van der Waals surface area contributed by atoms with E-state index >= 15 is 0 Å². The lowest BCUT2D eigenvalue weighted by Crippen LogP contribution is -2.57. The number of amides is 2. The first-order valence-electron chi connectivity index (χ1n) is 10.6. The maximum Gasteiger partial charge on any atom is 0.329 e. The van der Waals surface area contributed by atoms with Crippen molar-refractivity contribution in [2.24, 2.45) is 11.7 Å². The number of hydrogen-bond acceptors (Lipinski definition) is 7. The van der Waals surface area contributed by atoms with Crippen LogP contribution in [0.2, 0.25) is 0 Å². The summed E-state index contributed by atoms with van der Waals surface area (Å²) < 4.78 is 10.6. The van der Waals surface area contributed by atoms with Gasteiger partial charge in [0, 0.05) is 5.75 Å². The zero-order valence-electron chi connectivity index (χ0n) is 18.8. The molecule has 2 heterocycles. The van der Waals surface area contributed by atoms with E-state index in [4.69, 9.17) is 15.2 Å². The summed E-state index contributed by atoms with van der Waals surface area (Å²) in [5.41, 5.74) is 6.99. The van der Waals surface area contributed by atoms with Crippen LogP contribution in [-0.4, -0.2) is 61.1 Å². The van der Waals surface area contributed by atoms with Crippen LogP contribution >= 0.6 is 24.2 Å². The Labute approximate surface area is 200 Å². The second kappa shape index (κ2) is 14.2. The molecule has 0 saturated heterocycles. The van der Waals surface area contributed by atoms with Crippen molar-refractivity contribution in [3.05, 3.63) is 29.8 Å². The van der Waals surface area contributed by atoms with Crippen molar-refractivity contribution in [2.45, 2.75) is 51.2 Å². The number of benzene rings is 1. The second-order valence-corrected chi connectivity index (χ2v) is 9.05. The van der Waals surface area contributed by atoms with Crippen LogP contribution in [0, 0.1) is 5.92 Å². The average Bonchev–Trinajstić information content (AvgIpc) is 2.75. The molecule has 0 aromatic heterocycles. The topological polar surface area (TPSA) is 120 Å². The summed E-state index contributed by atoms with van der Waals surface area (Å²) in [6, 6.07) is 5.11. The maximum absolute atomic E-state index is 12.9. The third kappa shape index (κ3) is 8.88. The number of rotatable bonds is 2. The van der Waals surface area contributed by atoms with E-state index in [1.165, 1.54) is 7.11 Å². The van der Waals surface area contributed by atoms with E-state index in [0.717, 1.165) is 29.9 Å². The maximum atomic E-state index is 12.9. The van der Waals surface area contributed by atoms with Crippen LogP contribution in [0.15, 0.2) is 24.3 Å². The average molecular weight is 488 g/mol. The van der Waals surface area contributed by atoms with Crippen LogP contribution < -0.4 is 21.1 Å². The van der Waals surface area contributed by atoms with Crippen molar-refractivity contribution in [3.63, 3.8) is 0 Å². The van der Waals surface area contributed by atoms with Gasteiger partial charge >= 0.3 is 5.97 Å². The number of halogens is 1. The number of nitrogens with two attached hydrogens (primary N) is 1. The Morgan fingerprint density at radius 2 is 1.84 bits per heavy atom. The molecule has 2 bridgehead atoms. The van der Waals surface area contributed by atoms with Gasteiger partial charge < -0.3 is 25.8 Å². The van der Waals surface area contributed by atoms with Crippen molar-refractivity contribution in [2.75, 3.05) is 25.2 Å². The molecule has 2 aliphatic rings. The second-order valence-electron chi connectivity index (χ2n) is 7.90. The minimum atomic E-state index is -0.812. The molecule has 0 radical (unpaired) electrons. The summed E-state index contributed by atoms with van der Waals surface area (Å²) in [4.78, 5) is 37.7. The summed E-state index contributed by atoms with van der Waals surface area (Å²) in [7, 11) is 1.29. The normalized spacial score (nSPS) is 23.5. The molecule has 0 spiro atoms. The third-order valence-electron chi connectivity index (χ3n) is 5.00. The SMILES string of the molecule is COC(=O)[C@@H]1CSCCCCOc2ccc(cc2)C[C@H](N)C(=O)N[C@@H](C(C)C)C(=O)N1.Cl. The van der Waals surface area contributed by atoms with Crippen LogP contribution in [0.3, 0.4) is 0 Å². The Morgan fingerprint density at radius 1 is 1.16 bits per heavy atom. The van der Waals surface area contributed by atoms with Crippen LogP contribution in [0.1, 0.15) is 32.3 Å². The number of nitrogens with one attached hydrogen (secondary N) is 2. The fourth-order valence-corrected chi connectivity index (χ4v) is 4.16. The molecule has 0 unspecified atom stereocenters. The predicted molar refractivity (Wildman–Crippen MR) is 128 cm³/mol. The summed E-state index contributed by atoms with van der Waals surface area (Å²) in [6.45, 7) is 4.24. The molecule has 3 atom stereocenters. The van der Waals surface area contributed by atoms with Gasteiger partial charge in [0.2, 0.25) is 11.8 Å². The Balaban J connectivity index is 0.00000512. The summed E-state index contributed by atoms with van der Waals surface area (Å²) in [6.07, 6.45) is 2.13. The van der Waals surface area contributed by atoms with E-state index in [1.54, 1.807) is 11.8 Å². The smallest absolute Gasteiger partial charge is 0.329 e. The Morgan fingerprint density at radius 3 is 2.47 bits per heavy atom. The van der Waals surface area contributed by atoms with E-state index in [2.05, 4.69) is 10.6 Å². The van der Waals surface area contributed by atoms with Crippen molar-refractivity contribution < 1.29 is 23.9 Å². The van der Waals surface area contributed by atoms with Crippen LogP contribution in [-0.2, 0) is 25.5 Å². The van der Waals surface area contributed by atoms with Crippen molar-refractivity contribution >= 4 is 42.0 Å². The van der Waals surface area contributed by atoms with E-state index in [9.17, 15) is 14.4 Å². The van der Waals surface area contributed by atoms with Crippen molar-refractivity contribution in [1.29, 1.82) is 0 Å². The molecular weight excluding hydrogens is 454 g/mol. The Kier molecular flexibility index (Phi) is 12.5. The molecule has 10 heteroatoms. The molecule has 1 aromatic rings. The molecule has 3 rings (SSSR count). The standard InChI is InChI=1S/C22H33N3O5S.ClH/c1-14(2)19-21(27)24-18(22(28)29-3)13-31-11-5-4-10-30-16-8-6-15(7-9-16)12-17(23)20(26)25-19;/h6-9,14,17-19H,4-5,10-13,23H2,1-3H3,(H,24,27)(H,25,26);1H/t17-,18-,19-;/m0./s1. The van der Waals surface area contributed by atoms with Gasteiger partial charge in [0.1, 0.15) is 17.8 Å². The van der Waals surface area contributed by atoms with Crippen LogP contribution in [0.25, 0.3) is 0 Å². The molecule has 8 nitrogen and oxygen atoms in total. The molecular formula is C22H34ClN3O5S. The molecule has 2 aliphatic heterocycles. The molecule has 2 amide bonds. The number of carbonyl (C=O) groups is 3. The number of thioether (sulfide) groups is 1. The largest absolute Gasteiger partial charge is 0.494 e. The first kappa shape index (κ1) is 28.1. The number of ether oxygens (including phenoxy) is 2. The Hall–Kier alpha value is -1.97. The van der Waals surface area contributed by atoms with Gasteiger partial charge in [-0.3, -0.25) is 9.59 Å². The van der Waals surface area contributed by atoms with E-state index in [-0.39, 0.29) is 18.3 Å². The monoisotopic (exact) mass is 487 g/mol. The lowest BCUT2D eigenvalue weighted by atomic mass is 10.0. The molecule has 0 fully saturated rings. The molecule has 0 aliphatic carbocycles. The van der Waals surface area contributed by atoms with Gasteiger partial charge in [0.05, 0.1) is 19.8 Å². The molecule has 32 heavy (non-hydrogen) atoms. The highest BCUT2D eigenvalue weighted by Gasteiger charge is 2.30. The van der Waals surface area contributed by atoms with Gasteiger partial charge in [-0.15, -0.1) is 12.4 Å².